The first-order valence-corrected chi connectivity index (χ1v) is 7.39. The first kappa shape index (κ1) is 12.8. The molecule has 0 saturated heterocycles. The van der Waals surface area contributed by atoms with E-state index in [0.29, 0.717) is 5.22 Å². The minimum atomic E-state index is 0.140. The summed E-state index contributed by atoms with van der Waals surface area (Å²) < 4.78 is 5.42. The summed E-state index contributed by atoms with van der Waals surface area (Å²) in [5, 5.41) is 2.95. The van der Waals surface area contributed by atoms with E-state index < -0.39 is 0 Å². The first-order valence-electron chi connectivity index (χ1n) is 6.09. The van der Waals surface area contributed by atoms with E-state index in [0.717, 1.165) is 12.2 Å². The van der Waals surface area contributed by atoms with E-state index in [9.17, 15) is 0 Å². The van der Waals surface area contributed by atoms with Crippen LogP contribution < -0.4 is 0 Å². The van der Waals surface area contributed by atoms with Crippen LogP contribution in [0.25, 0.3) is 10.8 Å². The number of alkyl halides is 1. The first-order chi connectivity index (χ1) is 9.22. The summed E-state index contributed by atoms with van der Waals surface area (Å²) in [4.78, 5) is 0.140. The fourth-order valence-electron chi connectivity index (χ4n) is 2.17. The van der Waals surface area contributed by atoms with Crippen LogP contribution >= 0.6 is 27.5 Å². The SMILES string of the molecule is Clc1ccc(C(Br)Cc2ccc3ccccc3c2)o1. The molecular formula is C16H12BrClO. The summed E-state index contributed by atoms with van der Waals surface area (Å²) in [5.41, 5.74) is 1.27. The maximum atomic E-state index is 5.80. The highest BCUT2D eigenvalue weighted by Crippen LogP contribution is 2.30. The second-order valence-corrected chi connectivity index (χ2v) is 5.97. The Hall–Kier alpha value is -1.25. The summed E-state index contributed by atoms with van der Waals surface area (Å²) in [6, 6.07) is 18.6. The van der Waals surface area contributed by atoms with Gasteiger partial charge in [0.1, 0.15) is 5.76 Å². The standard InChI is InChI=1S/C16H12BrClO/c17-14(15-7-8-16(18)19-15)10-11-5-6-12-3-1-2-4-13(12)9-11/h1-9,14H,10H2. The second kappa shape index (κ2) is 5.40. The maximum Gasteiger partial charge on any atom is 0.193 e. The maximum absolute atomic E-state index is 5.80. The lowest BCUT2D eigenvalue weighted by Crippen LogP contribution is -1.93. The quantitative estimate of drug-likeness (QED) is 0.554. The Bertz CT molecular complexity index is 705. The zero-order valence-electron chi connectivity index (χ0n) is 10.1. The van der Waals surface area contributed by atoms with Crippen molar-refractivity contribution in [3.8, 4) is 0 Å². The lowest BCUT2D eigenvalue weighted by molar-refractivity contribution is 0.509. The van der Waals surface area contributed by atoms with Crippen LogP contribution in [0.4, 0.5) is 0 Å². The van der Waals surface area contributed by atoms with Gasteiger partial charge in [-0.3, -0.25) is 0 Å². The predicted octanol–water partition coefficient (Wildman–Crippen LogP) is 5.76. The van der Waals surface area contributed by atoms with Gasteiger partial charge >= 0.3 is 0 Å². The monoisotopic (exact) mass is 334 g/mol. The number of rotatable bonds is 3. The molecule has 19 heavy (non-hydrogen) atoms. The van der Waals surface area contributed by atoms with Crippen molar-refractivity contribution in [1.29, 1.82) is 0 Å². The molecule has 0 saturated carbocycles. The van der Waals surface area contributed by atoms with Crippen LogP contribution in [0, 0.1) is 0 Å². The van der Waals surface area contributed by atoms with Crippen molar-refractivity contribution < 1.29 is 4.42 Å². The topological polar surface area (TPSA) is 13.1 Å². The highest BCUT2D eigenvalue weighted by Gasteiger charge is 2.12. The van der Waals surface area contributed by atoms with Crippen LogP contribution in [-0.2, 0) is 6.42 Å². The molecule has 0 spiro atoms. The summed E-state index contributed by atoms with van der Waals surface area (Å²) in [5.74, 6) is 0.859. The number of benzene rings is 2. The van der Waals surface area contributed by atoms with Gasteiger partial charge in [-0.25, -0.2) is 0 Å². The molecule has 0 aliphatic heterocycles. The van der Waals surface area contributed by atoms with E-state index in [1.165, 1.54) is 16.3 Å². The van der Waals surface area contributed by atoms with Gasteiger partial charge in [-0.2, -0.15) is 0 Å². The lowest BCUT2D eigenvalue weighted by atomic mass is 10.0. The number of fused-ring (bicyclic) bond motifs is 1. The minimum absolute atomic E-state index is 0.140. The van der Waals surface area contributed by atoms with Crippen molar-refractivity contribution in [2.45, 2.75) is 11.2 Å². The molecule has 96 valence electrons. The third-order valence-electron chi connectivity index (χ3n) is 3.13. The molecule has 0 radical (unpaired) electrons. The average molecular weight is 336 g/mol. The second-order valence-electron chi connectivity index (χ2n) is 4.50. The highest BCUT2D eigenvalue weighted by molar-refractivity contribution is 9.09. The van der Waals surface area contributed by atoms with Crippen molar-refractivity contribution in [3.63, 3.8) is 0 Å². The van der Waals surface area contributed by atoms with Crippen molar-refractivity contribution >= 4 is 38.3 Å². The van der Waals surface area contributed by atoms with Gasteiger partial charge in [0.15, 0.2) is 5.22 Å². The Labute approximate surface area is 125 Å². The van der Waals surface area contributed by atoms with Gasteiger partial charge in [0.2, 0.25) is 0 Å². The molecular weight excluding hydrogens is 324 g/mol. The summed E-state index contributed by atoms with van der Waals surface area (Å²) in [7, 11) is 0. The Morgan fingerprint density at radius 1 is 1.00 bits per heavy atom. The van der Waals surface area contributed by atoms with Gasteiger partial charge in [0.05, 0.1) is 4.83 Å². The van der Waals surface area contributed by atoms with E-state index in [2.05, 4.69) is 58.4 Å². The average Bonchev–Trinajstić information content (AvgIpc) is 2.85. The van der Waals surface area contributed by atoms with Crippen molar-refractivity contribution in [3.05, 3.63) is 71.1 Å². The van der Waals surface area contributed by atoms with E-state index >= 15 is 0 Å². The van der Waals surface area contributed by atoms with E-state index in [-0.39, 0.29) is 4.83 Å². The smallest absolute Gasteiger partial charge is 0.193 e. The number of furan rings is 1. The molecule has 0 aliphatic rings. The summed E-state index contributed by atoms with van der Waals surface area (Å²) >= 11 is 9.45. The van der Waals surface area contributed by atoms with E-state index in [1.54, 1.807) is 6.07 Å². The molecule has 2 aromatic carbocycles. The predicted molar refractivity (Wildman–Crippen MR) is 83.0 cm³/mol. The molecule has 1 heterocycles. The van der Waals surface area contributed by atoms with Crippen LogP contribution in [0.2, 0.25) is 5.22 Å². The van der Waals surface area contributed by atoms with Crippen LogP contribution in [0.5, 0.6) is 0 Å². The fraction of sp³-hybridized carbons (Fsp3) is 0.125. The molecule has 1 atom stereocenters. The summed E-state index contributed by atoms with van der Waals surface area (Å²) in [6.07, 6.45) is 0.870. The zero-order chi connectivity index (χ0) is 13.2. The third kappa shape index (κ3) is 2.85. The molecule has 3 aromatic rings. The molecule has 0 amide bonds. The molecule has 0 fully saturated rings. The Balaban J connectivity index is 1.84. The van der Waals surface area contributed by atoms with E-state index in [4.69, 9.17) is 16.0 Å². The number of hydrogen-bond acceptors (Lipinski definition) is 1. The van der Waals surface area contributed by atoms with Crippen LogP contribution in [-0.4, -0.2) is 0 Å². The number of halogens is 2. The molecule has 3 heteroatoms. The Morgan fingerprint density at radius 3 is 2.53 bits per heavy atom. The van der Waals surface area contributed by atoms with Gasteiger partial charge in [0, 0.05) is 0 Å². The van der Waals surface area contributed by atoms with Gasteiger partial charge in [-0.05, 0) is 46.5 Å². The lowest BCUT2D eigenvalue weighted by Gasteiger charge is -2.08. The molecule has 0 aliphatic carbocycles. The zero-order valence-corrected chi connectivity index (χ0v) is 12.5. The Morgan fingerprint density at radius 2 is 1.79 bits per heavy atom. The largest absolute Gasteiger partial charge is 0.449 e. The van der Waals surface area contributed by atoms with Crippen molar-refractivity contribution in [2.75, 3.05) is 0 Å². The fourth-order valence-corrected chi connectivity index (χ4v) is 2.94. The van der Waals surface area contributed by atoms with Gasteiger partial charge in [-0.1, -0.05) is 58.4 Å². The van der Waals surface area contributed by atoms with Gasteiger partial charge < -0.3 is 4.42 Å². The van der Waals surface area contributed by atoms with Crippen LogP contribution in [0.1, 0.15) is 16.2 Å². The Kier molecular flexibility index (Phi) is 3.63. The molecule has 0 bridgehead atoms. The highest BCUT2D eigenvalue weighted by atomic mass is 79.9. The van der Waals surface area contributed by atoms with Crippen molar-refractivity contribution in [1.82, 2.24) is 0 Å². The van der Waals surface area contributed by atoms with Crippen LogP contribution in [0.3, 0.4) is 0 Å². The normalized spacial score (nSPS) is 12.7. The van der Waals surface area contributed by atoms with Crippen molar-refractivity contribution in [2.24, 2.45) is 0 Å². The van der Waals surface area contributed by atoms with Gasteiger partial charge in [-0.15, -0.1) is 0 Å². The third-order valence-corrected chi connectivity index (χ3v) is 4.11. The molecule has 3 rings (SSSR count). The van der Waals surface area contributed by atoms with Crippen LogP contribution in [0.15, 0.2) is 59.0 Å². The summed E-state index contributed by atoms with van der Waals surface area (Å²) in [6.45, 7) is 0. The molecule has 1 unspecified atom stereocenters. The molecule has 1 aromatic heterocycles. The minimum Gasteiger partial charge on any atom is -0.449 e. The number of hydrogen-bond donors (Lipinski definition) is 0. The molecule has 0 N–H and O–H groups in total. The van der Waals surface area contributed by atoms with E-state index in [1.807, 2.05) is 6.07 Å². The molecule has 1 nitrogen and oxygen atoms in total. The van der Waals surface area contributed by atoms with Gasteiger partial charge in [0.25, 0.3) is 0 Å².